The second-order valence-corrected chi connectivity index (χ2v) is 6.07. The molecular formula is C18H19Br. The molecule has 1 aliphatic rings. The molecule has 0 amide bonds. The van der Waals surface area contributed by atoms with Gasteiger partial charge in [-0.3, -0.25) is 0 Å². The summed E-state index contributed by atoms with van der Waals surface area (Å²) in [6.45, 7) is 0. The Balaban J connectivity index is 1.80. The lowest BCUT2D eigenvalue weighted by Gasteiger charge is -2.15. The number of fused-ring (bicyclic) bond motifs is 1. The highest BCUT2D eigenvalue weighted by molar-refractivity contribution is 9.09. The predicted molar refractivity (Wildman–Crippen MR) is 85.1 cm³/mol. The van der Waals surface area contributed by atoms with Crippen molar-refractivity contribution in [2.24, 2.45) is 0 Å². The van der Waals surface area contributed by atoms with Gasteiger partial charge in [-0.05, 0) is 53.9 Å². The SMILES string of the molecule is BrCC(Cc1ccc2c(c1)CCC2)c1ccccc1. The van der Waals surface area contributed by atoms with Crippen LogP contribution in [-0.2, 0) is 19.3 Å². The van der Waals surface area contributed by atoms with Crippen molar-refractivity contribution in [3.8, 4) is 0 Å². The average molecular weight is 315 g/mol. The molecular weight excluding hydrogens is 296 g/mol. The van der Waals surface area contributed by atoms with E-state index in [2.05, 4.69) is 64.5 Å². The van der Waals surface area contributed by atoms with Crippen LogP contribution in [0.1, 0.15) is 34.6 Å². The molecule has 0 spiro atoms. The molecule has 0 radical (unpaired) electrons. The van der Waals surface area contributed by atoms with Gasteiger partial charge in [-0.2, -0.15) is 0 Å². The van der Waals surface area contributed by atoms with E-state index in [0.717, 1.165) is 11.8 Å². The van der Waals surface area contributed by atoms with Crippen LogP contribution >= 0.6 is 15.9 Å². The highest BCUT2D eigenvalue weighted by atomic mass is 79.9. The molecule has 0 saturated carbocycles. The molecule has 1 aliphatic carbocycles. The molecule has 0 saturated heterocycles. The van der Waals surface area contributed by atoms with E-state index in [1.807, 2.05) is 0 Å². The van der Waals surface area contributed by atoms with Crippen molar-refractivity contribution in [1.29, 1.82) is 0 Å². The number of hydrogen-bond donors (Lipinski definition) is 0. The van der Waals surface area contributed by atoms with E-state index in [1.54, 1.807) is 11.1 Å². The van der Waals surface area contributed by atoms with Crippen LogP contribution in [0.3, 0.4) is 0 Å². The minimum absolute atomic E-state index is 0.570. The van der Waals surface area contributed by atoms with E-state index in [-0.39, 0.29) is 0 Å². The van der Waals surface area contributed by atoms with Gasteiger partial charge in [0.1, 0.15) is 0 Å². The van der Waals surface area contributed by atoms with Gasteiger partial charge in [-0.15, -0.1) is 0 Å². The topological polar surface area (TPSA) is 0 Å². The minimum Gasteiger partial charge on any atom is -0.0921 e. The second-order valence-electron chi connectivity index (χ2n) is 5.42. The van der Waals surface area contributed by atoms with Crippen LogP contribution in [0.25, 0.3) is 0 Å². The lowest BCUT2D eigenvalue weighted by atomic mass is 9.92. The van der Waals surface area contributed by atoms with Crippen molar-refractivity contribution in [1.82, 2.24) is 0 Å². The van der Waals surface area contributed by atoms with Gasteiger partial charge < -0.3 is 0 Å². The maximum atomic E-state index is 3.67. The molecule has 2 aromatic rings. The summed E-state index contributed by atoms with van der Waals surface area (Å²) in [6.07, 6.45) is 5.01. The molecule has 0 aromatic heterocycles. The molecule has 3 rings (SSSR count). The lowest BCUT2D eigenvalue weighted by Crippen LogP contribution is -2.04. The van der Waals surface area contributed by atoms with E-state index < -0.39 is 0 Å². The summed E-state index contributed by atoms with van der Waals surface area (Å²) in [6, 6.07) is 17.9. The Morgan fingerprint density at radius 3 is 2.53 bits per heavy atom. The molecule has 0 N–H and O–H groups in total. The van der Waals surface area contributed by atoms with Gasteiger partial charge in [-0.1, -0.05) is 64.5 Å². The quantitative estimate of drug-likeness (QED) is 0.704. The third-order valence-electron chi connectivity index (χ3n) is 4.10. The number of benzene rings is 2. The molecule has 1 unspecified atom stereocenters. The van der Waals surface area contributed by atoms with Crippen molar-refractivity contribution in [3.63, 3.8) is 0 Å². The van der Waals surface area contributed by atoms with Gasteiger partial charge >= 0.3 is 0 Å². The Hall–Kier alpha value is -1.08. The van der Waals surface area contributed by atoms with Crippen molar-refractivity contribution in [3.05, 3.63) is 70.8 Å². The summed E-state index contributed by atoms with van der Waals surface area (Å²) in [5, 5.41) is 1.02. The normalized spacial score (nSPS) is 15.2. The number of hydrogen-bond acceptors (Lipinski definition) is 0. The molecule has 0 fully saturated rings. The predicted octanol–water partition coefficient (Wildman–Crippen LogP) is 4.90. The zero-order chi connectivity index (χ0) is 13.1. The molecule has 0 bridgehead atoms. The van der Waals surface area contributed by atoms with Crippen LogP contribution in [0.15, 0.2) is 48.5 Å². The average Bonchev–Trinajstić information content (AvgIpc) is 2.93. The van der Waals surface area contributed by atoms with Gasteiger partial charge in [0.05, 0.1) is 0 Å². The van der Waals surface area contributed by atoms with Gasteiger partial charge in [0.2, 0.25) is 0 Å². The molecule has 0 nitrogen and oxygen atoms in total. The van der Waals surface area contributed by atoms with Gasteiger partial charge in [0.25, 0.3) is 0 Å². The van der Waals surface area contributed by atoms with E-state index in [9.17, 15) is 0 Å². The maximum Gasteiger partial charge on any atom is 0.0103 e. The summed E-state index contributed by atoms with van der Waals surface area (Å²) in [7, 11) is 0. The second kappa shape index (κ2) is 5.92. The maximum absolute atomic E-state index is 3.67. The molecule has 1 atom stereocenters. The van der Waals surface area contributed by atoms with E-state index in [4.69, 9.17) is 0 Å². The fourth-order valence-electron chi connectivity index (χ4n) is 3.02. The molecule has 1 heteroatoms. The van der Waals surface area contributed by atoms with E-state index in [0.29, 0.717) is 5.92 Å². The number of alkyl halides is 1. The number of aryl methyl sites for hydroxylation is 2. The fourth-order valence-corrected chi connectivity index (χ4v) is 3.63. The van der Waals surface area contributed by atoms with Crippen LogP contribution in [0.4, 0.5) is 0 Å². The monoisotopic (exact) mass is 314 g/mol. The van der Waals surface area contributed by atoms with Crippen LogP contribution in [0.5, 0.6) is 0 Å². The summed E-state index contributed by atoms with van der Waals surface area (Å²) in [5.74, 6) is 0.570. The first-order valence-corrected chi connectivity index (χ1v) is 8.20. The summed E-state index contributed by atoms with van der Waals surface area (Å²) < 4.78 is 0. The molecule has 98 valence electrons. The highest BCUT2D eigenvalue weighted by Crippen LogP contribution is 2.27. The van der Waals surface area contributed by atoms with Crippen molar-refractivity contribution in [2.45, 2.75) is 31.6 Å². The Morgan fingerprint density at radius 1 is 0.947 bits per heavy atom. The Morgan fingerprint density at radius 2 is 1.74 bits per heavy atom. The smallest absolute Gasteiger partial charge is 0.0103 e. The van der Waals surface area contributed by atoms with E-state index >= 15 is 0 Å². The Bertz CT molecular complexity index is 545. The largest absolute Gasteiger partial charge is 0.0921 e. The van der Waals surface area contributed by atoms with Crippen LogP contribution in [0, 0.1) is 0 Å². The lowest BCUT2D eigenvalue weighted by molar-refractivity contribution is 0.774. The minimum atomic E-state index is 0.570. The number of rotatable bonds is 4. The molecule has 2 aromatic carbocycles. The zero-order valence-electron chi connectivity index (χ0n) is 11.1. The first kappa shape index (κ1) is 12.9. The van der Waals surface area contributed by atoms with Crippen molar-refractivity contribution >= 4 is 15.9 Å². The van der Waals surface area contributed by atoms with Crippen LogP contribution in [0.2, 0.25) is 0 Å². The first-order chi connectivity index (χ1) is 9.36. The molecule has 0 heterocycles. The summed E-state index contributed by atoms with van der Waals surface area (Å²) in [5.41, 5.74) is 6.06. The Labute approximate surface area is 124 Å². The van der Waals surface area contributed by atoms with Gasteiger partial charge in [-0.25, -0.2) is 0 Å². The van der Waals surface area contributed by atoms with Crippen LogP contribution in [-0.4, -0.2) is 5.33 Å². The molecule has 0 aliphatic heterocycles. The van der Waals surface area contributed by atoms with Crippen molar-refractivity contribution in [2.75, 3.05) is 5.33 Å². The standard InChI is InChI=1S/C18H19Br/c19-13-18(15-5-2-1-3-6-15)12-14-9-10-16-7-4-8-17(16)11-14/h1-3,5-6,9-11,18H,4,7-8,12-13H2. The van der Waals surface area contributed by atoms with E-state index in [1.165, 1.54) is 30.4 Å². The number of halogens is 1. The highest BCUT2D eigenvalue weighted by Gasteiger charge is 2.14. The zero-order valence-corrected chi connectivity index (χ0v) is 12.7. The Kier molecular flexibility index (Phi) is 4.03. The van der Waals surface area contributed by atoms with Gasteiger partial charge in [0.15, 0.2) is 0 Å². The van der Waals surface area contributed by atoms with Crippen molar-refractivity contribution < 1.29 is 0 Å². The summed E-state index contributed by atoms with van der Waals surface area (Å²) >= 11 is 3.67. The summed E-state index contributed by atoms with van der Waals surface area (Å²) in [4.78, 5) is 0. The third-order valence-corrected chi connectivity index (χ3v) is 4.88. The first-order valence-electron chi connectivity index (χ1n) is 7.08. The third kappa shape index (κ3) is 2.92. The van der Waals surface area contributed by atoms with Gasteiger partial charge in [0, 0.05) is 5.33 Å². The fraction of sp³-hybridized carbons (Fsp3) is 0.333. The van der Waals surface area contributed by atoms with Crippen LogP contribution < -0.4 is 0 Å². The molecule has 19 heavy (non-hydrogen) atoms.